The third kappa shape index (κ3) is 2.97. The number of allylic oxidation sites excluding steroid dienone is 2. The zero-order valence-corrected chi connectivity index (χ0v) is 15.1. The highest BCUT2D eigenvalue weighted by Crippen LogP contribution is 2.32. The Morgan fingerprint density at radius 1 is 1.30 bits per heavy atom. The van der Waals surface area contributed by atoms with E-state index in [0.717, 1.165) is 35.7 Å². The molecule has 0 bridgehead atoms. The molecular formula is C19H20N8. The van der Waals surface area contributed by atoms with Crippen LogP contribution in [0.1, 0.15) is 35.3 Å². The van der Waals surface area contributed by atoms with Gasteiger partial charge < -0.3 is 20.9 Å². The molecule has 2 aromatic rings. The van der Waals surface area contributed by atoms with Crippen molar-refractivity contribution < 1.29 is 0 Å². The van der Waals surface area contributed by atoms with Crippen molar-refractivity contribution in [3.63, 3.8) is 0 Å². The Morgan fingerprint density at radius 3 is 2.89 bits per heavy atom. The van der Waals surface area contributed by atoms with Crippen molar-refractivity contribution in [1.29, 1.82) is 10.7 Å². The van der Waals surface area contributed by atoms with E-state index in [9.17, 15) is 5.26 Å². The molecule has 2 aliphatic heterocycles. The Morgan fingerprint density at radius 2 is 2.15 bits per heavy atom. The molecule has 0 aromatic carbocycles. The third-order valence-corrected chi connectivity index (χ3v) is 4.99. The Labute approximate surface area is 157 Å². The Balaban J connectivity index is 1.81. The zero-order chi connectivity index (χ0) is 19.0. The fourth-order valence-electron chi connectivity index (χ4n) is 3.58. The van der Waals surface area contributed by atoms with Gasteiger partial charge in [-0.25, -0.2) is 9.97 Å². The molecule has 8 heteroatoms. The molecular weight excluding hydrogens is 340 g/mol. The third-order valence-electron chi connectivity index (χ3n) is 4.99. The number of anilines is 1. The van der Waals surface area contributed by atoms with Crippen LogP contribution in [0.3, 0.4) is 0 Å². The van der Waals surface area contributed by atoms with E-state index in [1.54, 1.807) is 11.8 Å². The van der Waals surface area contributed by atoms with Gasteiger partial charge in [0.15, 0.2) is 12.0 Å². The predicted octanol–water partition coefficient (Wildman–Crippen LogP) is 1.57. The number of nitrogens with zero attached hydrogens (tertiary/aromatic N) is 6. The fourth-order valence-corrected chi connectivity index (χ4v) is 3.58. The second kappa shape index (κ2) is 6.68. The van der Waals surface area contributed by atoms with E-state index in [-0.39, 0.29) is 0 Å². The van der Waals surface area contributed by atoms with E-state index in [1.165, 1.54) is 11.8 Å². The Kier molecular flexibility index (Phi) is 4.20. The number of hydrogen-bond donors (Lipinski definition) is 2. The van der Waals surface area contributed by atoms with Crippen molar-refractivity contribution in [2.75, 3.05) is 11.4 Å². The first-order chi connectivity index (χ1) is 13.1. The molecule has 136 valence electrons. The molecule has 0 saturated heterocycles. The van der Waals surface area contributed by atoms with Gasteiger partial charge in [0.25, 0.3) is 0 Å². The van der Waals surface area contributed by atoms with Gasteiger partial charge in [-0.3, -0.25) is 4.98 Å². The van der Waals surface area contributed by atoms with Crippen LogP contribution >= 0.6 is 0 Å². The Hall–Kier alpha value is -3.47. The van der Waals surface area contributed by atoms with E-state index < -0.39 is 0 Å². The van der Waals surface area contributed by atoms with Crippen LogP contribution < -0.4 is 10.6 Å². The maximum absolute atomic E-state index is 9.32. The number of nitrogens with two attached hydrogens (primary N) is 1. The lowest BCUT2D eigenvalue weighted by atomic mass is 10.0. The van der Waals surface area contributed by atoms with E-state index in [1.807, 2.05) is 12.3 Å². The average Bonchev–Trinajstić information content (AvgIpc) is 3.10. The minimum absolute atomic E-state index is 0.436. The van der Waals surface area contributed by atoms with Gasteiger partial charge in [0.1, 0.15) is 5.82 Å². The first kappa shape index (κ1) is 17.0. The monoisotopic (exact) mass is 360 g/mol. The fraction of sp³-hybridized carbons (Fsp3) is 0.316. The zero-order valence-electron chi connectivity index (χ0n) is 15.1. The van der Waals surface area contributed by atoms with Gasteiger partial charge in [0, 0.05) is 30.2 Å². The topological polar surface area (TPSA) is 119 Å². The summed E-state index contributed by atoms with van der Waals surface area (Å²) in [6.07, 6.45) is 6.08. The number of fused-ring (bicyclic) bond motifs is 2. The molecule has 0 aliphatic carbocycles. The highest BCUT2D eigenvalue weighted by molar-refractivity contribution is 6.07. The maximum Gasteiger partial charge on any atom is 0.180 e. The van der Waals surface area contributed by atoms with E-state index >= 15 is 0 Å². The summed E-state index contributed by atoms with van der Waals surface area (Å²) in [7, 11) is 0. The summed E-state index contributed by atoms with van der Waals surface area (Å²) >= 11 is 0. The molecule has 0 unspecified atom stereocenters. The van der Waals surface area contributed by atoms with Crippen LogP contribution in [0.4, 0.5) is 5.82 Å². The summed E-state index contributed by atoms with van der Waals surface area (Å²) in [5.41, 5.74) is 11.0. The largest absolute Gasteiger partial charge is 0.402 e. The van der Waals surface area contributed by atoms with Crippen LogP contribution in [0.25, 0.3) is 5.57 Å². The summed E-state index contributed by atoms with van der Waals surface area (Å²) < 4.78 is 0. The van der Waals surface area contributed by atoms with Gasteiger partial charge in [-0.2, -0.15) is 5.26 Å². The molecule has 0 amide bonds. The average molecular weight is 360 g/mol. The normalized spacial score (nSPS) is 16.3. The SMILES string of the molecule is C/C(N)=C(/C=N)c1nc2c(c(N3CCc4cccnc4C3)n1)CN(C#N)C2. The smallest absolute Gasteiger partial charge is 0.180 e. The first-order valence-electron chi connectivity index (χ1n) is 8.80. The molecule has 2 aromatic heterocycles. The maximum atomic E-state index is 9.32. The molecule has 4 rings (SSSR count). The van der Waals surface area contributed by atoms with Crippen LogP contribution in [-0.2, 0) is 26.1 Å². The van der Waals surface area contributed by atoms with E-state index in [2.05, 4.69) is 27.1 Å². The predicted molar refractivity (Wildman–Crippen MR) is 101 cm³/mol. The molecule has 0 radical (unpaired) electrons. The summed E-state index contributed by atoms with van der Waals surface area (Å²) in [5.74, 6) is 1.25. The van der Waals surface area contributed by atoms with Crippen LogP contribution in [0.5, 0.6) is 0 Å². The summed E-state index contributed by atoms with van der Waals surface area (Å²) in [6, 6.07) is 4.07. The number of hydrogen-bond acceptors (Lipinski definition) is 8. The quantitative estimate of drug-likeness (QED) is 0.630. The number of aromatic nitrogens is 3. The minimum atomic E-state index is 0.436. The first-order valence-corrected chi connectivity index (χ1v) is 8.80. The van der Waals surface area contributed by atoms with Crippen molar-refractivity contribution >= 4 is 17.6 Å². The van der Waals surface area contributed by atoms with Gasteiger partial charge in [-0.1, -0.05) is 6.07 Å². The lowest BCUT2D eigenvalue weighted by Gasteiger charge is -2.30. The van der Waals surface area contributed by atoms with Crippen LogP contribution in [0, 0.1) is 16.9 Å². The van der Waals surface area contributed by atoms with Crippen LogP contribution in [0.2, 0.25) is 0 Å². The van der Waals surface area contributed by atoms with Crippen molar-refractivity contribution in [2.24, 2.45) is 5.73 Å². The van der Waals surface area contributed by atoms with Gasteiger partial charge in [-0.05, 0) is 25.0 Å². The molecule has 2 aliphatic rings. The van der Waals surface area contributed by atoms with Crippen molar-refractivity contribution in [2.45, 2.75) is 33.0 Å². The van der Waals surface area contributed by atoms with Gasteiger partial charge in [0.2, 0.25) is 0 Å². The van der Waals surface area contributed by atoms with Gasteiger partial charge in [-0.15, -0.1) is 0 Å². The molecule has 3 N–H and O–H groups in total. The second-order valence-electron chi connectivity index (χ2n) is 6.77. The standard InChI is InChI=1S/C19H20N8/c1-12(22)14(7-20)18-24-17-9-26(11-21)8-15(17)19(25-18)27-6-4-13-3-2-5-23-16(13)10-27/h2-3,5,7,20H,4,6,8-10,22H2,1H3/b14-12+,20-7?. The number of pyridine rings is 1. The minimum Gasteiger partial charge on any atom is -0.402 e. The summed E-state index contributed by atoms with van der Waals surface area (Å²) in [6.45, 7) is 4.17. The van der Waals surface area contributed by atoms with Crippen LogP contribution in [0.15, 0.2) is 24.0 Å². The van der Waals surface area contributed by atoms with Crippen molar-refractivity contribution in [1.82, 2.24) is 19.9 Å². The molecule has 0 spiro atoms. The highest BCUT2D eigenvalue weighted by Gasteiger charge is 2.29. The molecule has 4 heterocycles. The molecule has 27 heavy (non-hydrogen) atoms. The lowest BCUT2D eigenvalue weighted by molar-refractivity contribution is 0.415. The highest BCUT2D eigenvalue weighted by atomic mass is 15.2. The van der Waals surface area contributed by atoms with Crippen LogP contribution in [-0.4, -0.2) is 32.6 Å². The number of rotatable bonds is 3. The van der Waals surface area contributed by atoms with Gasteiger partial charge in [0.05, 0.1) is 36.6 Å². The molecule has 0 saturated carbocycles. The second-order valence-corrected chi connectivity index (χ2v) is 6.77. The van der Waals surface area contributed by atoms with E-state index in [0.29, 0.717) is 36.7 Å². The molecule has 0 fully saturated rings. The Bertz CT molecular complexity index is 984. The van der Waals surface area contributed by atoms with Crippen molar-refractivity contribution in [3.8, 4) is 6.19 Å². The molecule has 0 atom stereocenters. The summed E-state index contributed by atoms with van der Waals surface area (Å²) in [4.78, 5) is 17.7. The van der Waals surface area contributed by atoms with Gasteiger partial charge >= 0.3 is 0 Å². The number of nitrogens with one attached hydrogen (secondary N) is 1. The molecule has 8 nitrogen and oxygen atoms in total. The van der Waals surface area contributed by atoms with E-state index in [4.69, 9.17) is 16.1 Å². The van der Waals surface area contributed by atoms with Crippen molar-refractivity contribution in [3.05, 3.63) is 52.4 Å². The summed E-state index contributed by atoms with van der Waals surface area (Å²) in [5, 5.41) is 17.0. The lowest BCUT2D eigenvalue weighted by Crippen LogP contribution is -2.33. The number of nitriles is 1.